The van der Waals surface area contributed by atoms with E-state index in [1.165, 1.54) is 0 Å². The fourth-order valence-electron chi connectivity index (χ4n) is 0.611. The molecule has 0 saturated heterocycles. The Kier molecular flexibility index (Phi) is 28.3. The van der Waals surface area contributed by atoms with E-state index >= 15 is 0 Å². The quantitative estimate of drug-likeness (QED) is 0.268. The maximum atomic E-state index is 4.18. The van der Waals surface area contributed by atoms with Gasteiger partial charge in [-0.1, -0.05) is 20.3 Å². The summed E-state index contributed by atoms with van der Waals surface area (Å²) in [5.41, 5.74) is 0. The molecule has 0 rings (SSSR count). The molecular formula is C7H16Li2N2. The van der Waals surface area contributed by atoms with Crippen molar-refractivity contribution in [1.29, 1.82) is 0 Å². The SMILES string of the molecule is CC[N-]CCC[N-]CC.[Li+].[Li+]. The molecule has 0 aromatic rings. The van der Waals surface area contributed by atoms with Crippen LogP contribution >= 0.6 is 0 Å². The van der Waals surface area contributed by atoms with Crippen molar-refractivity contribution in [2.75, 3.05) is 26.2 Å². The normalized spacial score (nSPS) is 8.18. The first-order valence-electron chi connectivity index (χ1n) is 3.68. The maximum Gasteiger partial charge on any atom is 1.00 e. The number of rotatable bonds is 6. The van der Waals surface area contributed by atoms with Gasteiger partial charge < -0.3 is 10.6 Å². The zero-order chi connectivity index (χ0) is 6.95. The molecule has 4 heteroatoms. The molecule has 0 heterocycles. The molecule has 0 aromatic heterocycles. The van der Waals surface area contributed by atoms with Gasteiger partial charge in [-0.25, -0.2) is 0 Å². The molecule has 0 unspecified atom stereocenters. The Morgan fingerprint density at radius 1 is 0.818 bits per heavy atom. The molecule has 56 valence electrons. The van der Waals surface area contributed by atoms with Crippen molar-refractivity contribution in [3.8, 4) is 0 Å². The molecule has 0 spiro atoms. The zero-order valence-electron chi connectivity index (χ0n) is 8.43. The van der Waals surface area contributed by atoms with Crippen molar-refractivity contribution >= 4 is 0 Å². The van der Waals surface area contributed by atoms with E-state index in [1.54, 1.807) is 0 Å². The molecule has 11 heavy (non-hydrogen) atoms. The van der Waals surface area contributed by atoms with Gasteiger partial charge in [0.05, 0.1) is 0 Å². The Morgan fingerprint density at radius 2 is 1.18 bits per heavy atom. The Labute approximate surface area is 94.6 Å². The van der Waals surface area contributed by atoms with Crippen molar-refractivity contribution in [3.05, 3.63) is 10.6 Å². The van der Waals surface area contributed by atoms with Crippen molar-refractivity contribution in [2.45, 2.75) is 20.3 Å². The average molecular weight is 142 g/mol. The molecule has 0 aliphatic heterocycles. The fourth-order valence-corrected chi connectivity index (χ4v) is 0.611. The Hall–Kier alpha value is 1.11. The molecule has 0 bridgehead atoms. The number of nitrogens with zero attached hydrogens (tertiary/aromatic N) is 2. The van der Waals surface area contributed by atoms with Crippen LogP contribution < -0.4 is 37.7 Å². The summed E-state index contributed by atoms with van der Waals surface area (Å²) in [6.45, 7) is 8.01. The van der Waals surface area contributed by atoms with Crippen molar-refractivity contribution in [3.63, 3.8) is 0 Å². The predicted octanol–water partition coefficient (Wildman–Crippen LogP) is -3.83. The molecule has 0 fully saturated rings. The van der Waals surface area contributed by atoms with Crippen LogP contribution in [0, 0.1) is 0 Å². The van der Waals surface area contributed by atoms with Crippen molar-refractivity contribution < 1.29 is 37.7 Å². The second-order valence-corrected chi connectivity index (χ2v) is 1.88. The van der Waals surface area contributed by atoms with Crippen molar-refractivity contribution in [2.24, 2.45) is 0 Å². The molecule has 0 aromatic carbocycles. The summed E-state index contributed by atoms with van der Waals surface area (Å²) >= 11 is 0. The van der Waals surface area contributed by atoms with Gasteiger partial charge in [0.25, 0.3) is 0 Å². The smallest absolute Gasteiger partial charge is 0.663 e. The van der Waals surface area contributed by atoms with Crippen LogP contribution in [0.4, 0.5) is 0 Å². The van der Waals surface area contributed by atoms with Gasteiger partial charge in [-0.2, -0.15) is 26.2 Å². The summed E-state index contributed by atoms with van der Waals surface area (Å²) < 4.78 is 0. The Bertz CT molecular complexity index is 47.7. The second-order valence-electron chi connectivity index (χ2n) is 1.88. The van der Waals surface area contributed by atoms with E-state index in [-0.39, 0.29) is 37.7 Å². The van der Waals surface area contributed by atoms with Gasteiger partial charge in [0.1, 0.15) is 0 Å². The van der Waals surface area contributed by atoms with Crippen LogP contribution in [0.5, 0.6) is 0 Å². The van der Waals surface area contributed by atoms with Crippen LogP contribution in [-0.4, -0.2) is 26.2 Å². The summed E-state index contributed by atoms with van der Waals surface area (Å²) in [4.78, 5) is 0. The average Bonchev–Trinajstić information content (AvgIpc) is 1.89. The molecule has 2 nitrogen and oxygen atoms in total. The third kappa shape index (κ3) is 18.2. The largest absolute Gasteiger partial charge is 1.00 e. The van der Waals surface area contributed by atoms with Gasteiger partial charge in [-0.3, -0.25) is 0 Å². The second kappa shape index (κ2) is 17.3. The van der Waals surface area contributed by atoms with Crippen LogP contribution in [0.15, 0.2) is 0 Å². The molecule has 0 radical (unpaired) electrons. The van der Waals surface area contributed by atoms with E-state index in [0.717, 1.165) is 32.6 Å². The van der Waals surface area contributed by atoms with Crippen LogP contribution in [-0.2, 0) is 0 Å². The molecule has 0 saturated carbocycles. The summed E-state index contributed by atoms with van der Waals surface area (Å²) in [5, 5.41) is 8.37. The monoisotopic (exact) mass is 142 g/mol. The third-order valence-corrected chi connectivity index (χ3v) is 1.08. The fraction of sp³-hybridized carbons (Fsp3) is 1.00. The summed E-state index contributed by atoms with van der Waals surface area (Å²) in [6, 6.07) is 0. The van der Waals surface area contributed by atoms with Gasteiger partial charge in [0.2, 0.25) is 0 Å². The molecule has 0 aliphatic carbocycles. The Balaban J connectivity index is -0.000000320. The molecular weight excluding hydrogens is 126 g/mol. The van der Waals surface area contributed by atoms with E-state index in [9.17, 15) is 0 Å². The number of hydrogen-bond acceptors (Lipinski definition) is 0. The minimum atomic E-state index is 0. The zero-order valence-corrected chi connectivity index (χ0v) is 8.43. The van der Waals surface area contributed by atoms with E-state index in [1.807, 2.05) is 0 Å². The third-order valence-electron chi connectivity index (χ3n) is 1.08. The minimum absolute atomic E-state index is 0. The summed E-state index contributed by atoms with van der Waals surface area (Å²) in [7, 11) is 0. The van der Waals surface area contributed by atoms with E-state index in [2.05, 4.69) is 24.5 Å². The predicted molar refractivity (Wildman–Crippen MR) is 42.2 cm³/mol. The first-order chi connectivity index (χ1) is 4.41. The van der Waals surface area contributed by atoms with Crippen LogP contribution in [0.25, 0.3) is 10.6 Å². The summed E-state index contributed by atoms with van der Waals surface area (Å²) in [6.07, 6.45) is 1.13. The van der Waals surface area contributed by atoms with Gasteiger partial charge in [0, 0.05) is 0 Å². The van der Waals surface area contributed by atoms with Crippen molar-refractivity contribution in [1.82, 2.24) is 0 Å². The van der Waals surface area contributed by atoms with Gasteiger partial charge in [-0.05, 0) is 0 Å². The van der Waals surface area contributed by atoms with Gasteiger partial charge in [-0.15, -0.1) is 0 Å². The topological polar surface area (TPSA) is 28.2 Å². The first kappa shape index (κ1) is 18.0. The van der Waals surface area contributed by atoms with Gasteiger partial charge >= 0.3 is 37.7 Å². The van der Waals surface area contributed by atoms with E-state index < -0.39 is 0 Å². The molecule has 0 amide bonds. The Morgan fingerprint density at radius 3 is 1.45 bits per heavy atom. The van der Waals surface area contributed by atoms with Crippen LogP contribution in [0.2, 0.25) is 0 Å². The standard InChI is InChI=1S/C7H16N2.2Li/c1-3-8-6-5-7-9-4-2;;/h3-7H2,1-2H3;;/q-2;2*+1. The molecule has 0 N–H and O–H groups in total. The minimum Gasteiger partial charge on any atom is -0.663 e. The van der Waals surface area contributed by atoms with E-state index in [4.69, 9.17) is 0 Å². The molecule has 0 aliphatic rings. The van der Waals surface area contributed by atoms with Crippen LogP contribution in [0.1, 0.15) is 20.3 Å². The summed E-state index contributed by atoms with van der Waals surface area (Å²) in [5.74, 6) is 0. The molecule has 0 atom stereocenters. The van der Waals surface area contributed by atoms with E-state index in [0.29, 0.717) is 0 Å². The maximum absolute atomic E-state index is 4.18. The number of hydrogen-bond donors (Lipinski definition) is 0. The first-order valence-corrected chi connectivity index (χ1v) is 3.68. The van der Waals surface area contributed by atoms with Gasteiger partial charge in [0.15, 0.2) is 0 Å². The van der Waals surface area contributed by atoms with Crippen LogP contribution in [0.3, 0.4) is 0 Å².